The van der Waals surface area contributed by atoms with Crippen LogP contribution in [0, 0.1) is 6.92 Å². The molecule has 0 fully saturated rings. The monoisotopic (exact) mass is 413 g/mol. The molecular formula is C26H39NOS. The minimum atomic E-state index is 0.608. The summed E-state index contributed by atoms with van der Waals surface area (Å²) < 4.78 is 4.25. The van der Waals surface area contributed by atoms with E-state index >= 15 is 0 Å². The Morgan fingerprint density at radius 2 is 1.62 bits per heavy atom. The van der Waals surface area contributed by atoms with Gasteiger partial charge in [0, 0.05) is 31.9 Å². The summed E-state index contributed by atoms with van der Waals surface area (Å²) in [6.45, 7) is 16.5. The number of thioether (sulfide) groups is 1. The Morgan fingerprint density at radius 3 is 2.00 bits per heavy atom. The van der Waals surface area contributed by atoms with Crippen LogP contribution < -0.4 is 5.32 Å². The number of hydrogen-bond acceptors (Lipinski definition) is 3. The Labute approximate surface area is 183 Å². The van der Waals surface area contributed by atoms with E-state index in [1.807, 2.05) is 7.05 Å². The van der Waals surface area contributed by atoms with Crippen molar-refractivity contribution in [3.05, 3.63) is 83.4 Å². The Bertz CT molecular complexity index is 748. The number of benzene rings is 2. The third-order valence-electron chi connectivity index (χ3n) is 4.21. The standard InChI is InChI=1S/C12H17N.C12H16S.C2H6O/c1-9(2)7-11-5-6-12(13-4)10(3)8-11;1-9(2)11-5-7-12(8-6-11)10(3)13-4;1-3-2/h5-6,8,13H,1,7H2,2-4H3;5-9H,3H2,1-2,4H3;1-2H3. The van der Waals surface area contributed by atoms with E-state index in [0.29, 0.717) is 5.92 Å². The molecule has 0 radical (unpaired) electrons. The van der Waals surface area contributed by atoms with Crippen LogP contribution in [-0.2, 0) is 11.2 Å². The van der Waals surface area contributed by atoms with E-state index < -0.39 is 0 Å². The molecule has 0 unspecified atom stereocenters. The van der Waals surface area contributed by atoms with Crippen LogP contribution in [0.1, 0.15) is 48.9 Å². The first-order valence-electron chi connectivity index (χ1n) is 9.85. The zero-order valence-electron chi connectivity index (χ0n) is 19.6. The molecule has 0 saturated heterocycles. The minimum Gasteiger partial charge on any atom is -0.388 e. The smallest absolute Gasteiger partial charge is 0.0367 e. The fraction of sp³-hybridized carbons (Fsp3) is 0.385. The number of ether oxygens (including phenoxy) is 1. The summed E-state index contributed by atoms with van der Waals surface area (Å²) in [4.78, 5) is 1.13. The molecule has 2 nitrogen and oxygen atoms in total. The lowest BCUT2D eigenvalue weighted by Gasteiger charge is -2.07. The van der Waals surface area contributed by atoms with Crippen LogP contribution in [0.15, 0.2) is 61.2 Å². The lowest BCUT2D eigenvalue weighted by atomic mass is 10.0. The Morgan fingerprint density at radius 1 is 1.07 bits per heavy atom. The second-order valence-corrected chi connectivity index (χ2v) is 8.25. The Kier molecular flexibility index (Phi) is 13.9. The van der Waals surface area contributed by atoms with Crippen LogP contribution in [0.25, 0.3) is 4.91 Å². The number of hydrogen-bond donors (Lipinski definition) is 1. The average Bonchev–Trinajstić information content (AvgIpc) is 2.68. The third-order valence-corrected chi connectivity index (χ3v) is 4.94. The lowest BCUT2D eigenvalue weighted by molar-refractivity contribution is 0.277. The minimum absolute atomic E-state index is 0.608. The molecular weight excluding hydrogens is 374 g/mol. The predicted molar refractivity (Wildman–Crippen MR) is 135 cm³/mol. The number of anilines is 1. The van der Waals surface area contributed by atoms with Crippen molar-refractivity contribution < 1.29 is 4.74 Å². The highest BCUT2D eigenvalue weighted by atomic mass is 32.2. The predicted octanol–water partition coefficient (Wildman–Crippen LogP) is 7.56. The molecule has 1 N–H and O–H groups in total. The van der Waals surface area contributed by atoms with Gasteiger partial charge in [0.25, 0.3) is 0 Å². The fourth-order valence-electron chi connectivity index (χ4n) is 2.64. The van der Waals surface area contributed by atoms with Gasteiger partial charge in [-0.2, -0.15) is 0 Å². The summed E-state index contributed by atoms with van der Waals surface area (Å²) in [5.74, 6) is 0.608. The molecule has 2 rings (SSSR count). The van der Waals surface area contributed by atoms with Crippen LogP contribution in [-0.4, -0.2) is 27.5 Å². The van der Waals surface area contributed by atoms with Crippen molar-refractivity contribution in [2.45, 2.75) is 40.0 Å². The summed E-state index contributed by atoms with van der Waals surface area (Å²) in [6, 6.07) is 15.1. The van der Waals surface area contributed by atoms with E-state index in [1.54, 1.807) is 26.0 Å². The molecule has 0 amide bonds. The summed E-state index contributed by atoms with van der Waals surface area (Å²) in [5.41, 5.74) is 7.65. The van der Waals surface area contributed by atoms with Crippen molar-refractivity contribution in [2.24, 2.45) is 0 Å². The van der Waals surface area contributed by atoms with E-state index in [1.165, 1.54) is 33.5 Å². The first-order valence-corrected chi connectivity index (χ1v) is 11.1. The highest BCUT2D eigenvalue weighted by Crippen LogP contribution is 2.24. The molecule has 0 bridgehead atoms. The van der Waals surface area contributed by atoms with E-state index in [2.05, 4.69) is 99.6 Å². The quantitative estimate of drug-likeness (QED) is 0.494. The number of allylic oxidation sites excluding steroid dienone is 1. The van der Waals surface area contributed by atoms with Crippen LogP contribution in [0.3, 0.4) is 0 Å². The fourth-order valence-corrected chi connectivity index (χ4v) is 3.01. The normalized spacial score (nSPS) is 9.69. The van der Waals surface area contributed by atoms with Crippen LogP contribution in [0.5, 0.6) is 0 Å². The van der Waals surface area contributed by atoms with Gasteiger partial charge < -0.3 is 10.1 Å². The molecule has 3 heteroatoms. The van der Waals surface area contributed by atoms with Gasteiger partial charge in [-0.1, -0.05) is 69.0 Å². The van der Waals surface area contributed by atoms with E-state index in [-0.39, 0.29) is 0 Å². The molecule has 160 valence electrons. The maximum atomic E-state index is 4.25. The van der Waals surface area contributed by atoms with Crippen LogP contribution >= 0.6 is 11.8 Å². The molecule has 0 aliphatic carbocycles. The molecule has 2 aromatic carbocycles. The van der Waals surface area contributed by atoms with Crippen molar-refractivity contribution in [2.75, 3.05) is 32.8 Å². The van der Waals surface area contributed by atoms with Crippen LogP contribution in [0.2, 0.25) is 0 Å². The average molecular weight is 414 g/mol. The van der Waals surface area contributed by atoms with Crippen molar-refractivity contribution in [1.29, 1.82) is 0 Å². The molecule has 2 aromatic rings. The largest absolute Gasteiger partial charge is 0.388 e. The molecule has 0 spiro atoms. The maximum absolute atomic E-state index is 4.25. The maximum Gasteiger partial charge on any atom is 0.0367 e. The summed E-state index contributed by atoms with van der Waals surface area (Å²) in [7, 11) is 5.20. The van der Waals surface area contributed by atoms with Gasteiger partial charge in [-0.05, 0) is 60.8 Å². The first kappa shape index (κ1) is 27.0. The third kappa shape index (κ3) is 11.0. The zero-order valence-corrected chi connectivity index (χ0v) is 20.4. The van der Waals surface area contributed by atoms with Crippen molar-refractivity contribution in [3.8, 4) is 0 Å². The highest BCUT2D eigenvalue weighted by molar-refractivity contribution is 8.07. The molecule has 0 atom stereocenters. The summed E-state index contributed by atoms with van der Waals surface area (Å²) in [5, 5.41) is 3.15. The number of rotatable bonds is 6. The van der Waals surface area contributed by atoms with Crippen molar-refractivity contribution in [3.63, 3.8) is 0 Å². The van der Waals surface area contributed by atoms with E-state index in [4.69, 9.17) is 0 Å². The number of aryl methyl sites for hydroxylation is 1. The van der Waals surface area contributed by atoms with E-state index in [9.17, 15) is 0 Å². The number of nitrogens with one attached hydrogen (secondary N) is 1. The highest BCUT2D eigenvalue weighted by Gasteiger charge is 2.00. The van der Waals surface area contributed by atoms with Crippen LogP contribution in [0.4, 0.5) is 5.69 Å². The van der Waals surface area contributed by atoms with Gasteiger partial charge in [0.15, 0.2) is 0 Å². The molecule has 29 heavy (non-hydrogen) atoms. The summed E-state index contributed by atoms with van der Waals surface area (Å²) in [6.07, 6.45) is 3.03. The van der Waals surface area contributed by atoms with E-state index in [0.717, 1.165) is 11.3 Å². The van der Waals surface area contributed by atoms with Gasteiger partial charge in [0.05, 0.1) is 0 Å². The molecule has 0 saturated carbocycles. The number of methoxy groups -OCH3 is 1. The Balaban J connectivity index is 0.000000477. The topological polar surface area (TPSA) is 21.3 Å². The van der Waals surface area contributed by atoms with Gasteiger partial charge >= 0.3 is 0 Å². The van der Waals surface area contributed by atoms with Gasteiger partial charge in [0.2, 0.25) is 0 Å². The molecule has 0 aromatic heterocycles. The Hall–Kier alpha value is -1.97. The lowest BCUT2D eigenvalue weighted by Crippen LogP contribution is -1.93. The molecule has 0 aliphatic rings. The molecule has 0 heterocycles. The summed E-state index contributed by atoms with van der Waals surface area (Å²) >= 11 is 1.70. The first-order chi connectivity index (χ1) is 13.7. The van der Waals surface area contributed by atoms with Crippen molar-refractivity contribution in [1.82, 2.24) is 0 Å². The van der Waals surface area contributed by atoms with Gasteiger partial charge in [-0.25, -0.2) is 0 Å². The second-order valence-electron chi connectivity index (χ2n) is 7.35. The van der Waals surface area contributed by atoms with Gasteiger partial charge in [-0.3, -0.25) is 0 Å². The molecule has 0 aliphatic heterocycles. The van der Waals surface area contributed by atoms with Gasteiger partial charge in [0.1, 0.15) is 0 Å². The SMILES string of the molecule is C=C(C)Cc1ccc(NC)c(C)c1.C=C(SC)c1ccc(C(C)C)cc1.COC. The van der Waals surface area contributed by atoms with Crippen molar-refractivity contribution >= 4 is 22.4 Å². The van der Waals surface area contributed by atoms with Gasteiger partial charge in [-0.15, -0.1) is 11.8 Å². The second kappa shape index (κ2) is 14.9. The zero-order chi connectivity index (χ0) is 22.4.